The second-order valence-corrected chi connectivity index (χ2v) is 10.0. The lowest BCUT2D eigenvalue weighted by atomic mass is 10.0. The number of hydrogen-bond donors (Lipinski definition) is 0. The first kappa shape index (κ1) is 23.9. The van der Waals surface area contributed by atoms with E-state index in [1.54, 1.807) is 29.7 Å². The van der Waals surface area contributed by atoms with Gasteiger partial charge in [-0.15, -0.1) is 0 Å². The number of ether oxygens (including phenoxy) is 1. The molecule has 0 amide bonds. The molecule has 0 aliphatic carbocycles. The molecule has 0 unspecified atom stereocenters. The summed E-state index contributed by atoms with van der Waals surface area (Å²) in [5.74, 6) is -0.840. The largest absolute Gasteiger partial charge is 0.465 e. The number of carbonyl (C=O) groups excluding carboxylic acids is 1. The molecule has 6 nitrogen and oxygen atoms in total. The zero-order valence-electron chi connectivity index (χ0n) is 18.6. The van der Waals surface area contributed by atoms with Crippen molar-refractivity contribution in [2.24, 2.45) is 0 Å². The molecule has 0 saturated heterocycles. The molecular formula is C25H22ClFN2O4S. The normalized spacial score (nSPS) is 11.6. The molecule has 2 aromatic carbocycles. The Kier molecular flexibility index (Phi) is 6.72. The maximum Gasteiger partial charge on any atom is 0.325 e. The molecule has 4 rings (SSSR count). The Hall–Kier alpha value is -3.23. The molecule has 0 N–H and O–H groups in total. The first-order valence-electron chi connectivity index (χ1n) is 10.6. The molecule has 0 spiro atoms. The van der Waals surface area contributed by atoms with Crippen LogP contribution in [0, 0.1) is 12.7 Å². The number of carbonyl (C=O) groups is 1. The highest BCUT2D eigenvalue weighted by Gasteiger charge is 2.25. The first-order valence-corrected chi connectivity index (χ1v) is 12.5. The SMILES string of the molecule is CCOC(=O)Cn1c(C)c(Cc2cccnc2S(=O)(=O)c2ccc(Cl)cc2)c2cc(F)ccc21. The van der Waals surface area contributed by atoms with Crippen molar-refractivity contribution < 1.29 is 22.3 Å². The van der Waals surface area contributed by atoms with Gasteiger partial charge in [-0.05, 0) is 73.5 Å². The van der Waals surface area contributed by atoms with Crippen LogP contribution in [0.25, 0.3) is 10.9 Å². The zero-order valence-corrected chi connectivity index (χ0v) is 20.2. The Balaban J connectivity index is 1.83. The van der Waals surface area contributed by atoms with Crippen LogP contribution in [0.15, 0.2) is 70.7 Å². The first-order chi connectivity index (χ1) is 16.2. The van der Waals surface area contributed by atoms with Gasteiger partial charge in [0.15, 0.2) is 5.03 Å². The highest BCUT2D eigenvalue weighted by molar-refractivity contribution is 7.91. The van der Waals surface area contributed by atoms with Gasteiger partial charge in [-0.25, -0.2) is 17.8 Å². The Labute approximate surface area is 201 Å². The van der Waals surface area contributed by atoms with Gasteiger partial charge in [-0.2, -0.15) is 0 Å². The van der Waals surface area contributed by atoms with E-state index in [1.165, 1.54) is 42.6 Å². The summed E-state index contributed by atoms with van der Waals surface area (Å²) in [4.78, 5) is 16.4. The van der Waals surface area contributed by atoms with Crippen molar-refractivity contribution in [1.29, 1.82) is 0 Å². The predicted molar refractivity (Wildman–Crippen MR) is 127 cm³/mol. The van der Waals surface area contributed by atoms with Gasteiger partial charge in [0.2, 0.25) is 9.84 Å². The third-order valence-electron chi connectivity index (χ3n) is 5.60. The van der Waals surface area contributed by atoms with Crippen LogP contribution >= 0.6 is 11.6 Å². The fourth-order valence-electron chi connectivity index (χ4n) is 4.00. The lowest BCUT2D eigenvalue weighted by molar-refractivity contribution is -0.143. The number of rotatable bonds is 7. The van der Waals surface area contributed by atoms with Crippen LogP contribution in [0.4, 0.5) is 4.39 Å². The van der Waals surface area contributed by atoms with E-state index in [0.717, 1.165) is 0 Å². The molecule has 176 valence electrons. The average Bonchev–Trinajstić information content (AvgIpc) is 3.05. The molecular weight excluding hydrogens is 479 g/mol. The van der Waals surface area contributed by atoms with Crippen molar-refractivity contribution in [3.63, 3.8) is 0 Å². The van der Waals surface area contributed by atoms with E-state index in [1.807, 2.05) is 6.92 Å². The third kappa shape index (κ3) is 4.56. The van der Waals surface area contributed by atoms with Gasteiger partial charge in [-0.1, -0.05) is 17.7 Å². The minimum atomic E-state index is -3.93. The van der Waals surface area contributed by atoms with Gasteiger partial charge < -0.3 is 9.30 Å². The monoisotopic (exact) mass is 500 g/mol. The Morgan fingerprint density at radius 1 is 1.15 bits per heavy atom. The number of fused-ring (bicyclic) bond motifs is 1. The van der Waals surface area contributed by atoms with Crippen LogP contribution in [0.5, 0.6) is 0 Å². The standard InChI is InChI=1S/C25H22ClFN2O4S/c1-3-33-24(30)15-29-16(2)21(22-14-19(27)8-11-23(22)29)13-17-5-4-12-28-25(17)34(31,32)20-9-6-18(26)7-10-20/h4-12,14H,3,13,15H2,1-2H3. The summed E-state index contributed by atoms with van der Waals surface area (Å²) >= 11 is 5.91. The number of halogens is 2. The van der Waals surface area contributed by atoms with E-state index in [2.05, 4.69) is 4.98 Å². The second kappa shape index (κ2) is 9.56. The van der Waals surface area contributed by atoms with Crippen LogP contribution in [0.2, 0.25) is 5.02 Å². The van der Waals surface area contributed by atoms with Crippen molar-refractivity contribution in [3.8, 4) is 0 Å². The number of esters is 1. The van der Waals surface area contributed by atoms with Crippen LogP contribution in [0.1, 0.15) is 23.7 Å². The van der Waals surface area contributed by atoms with Gasteiger partial charge in [0.25, 0.3) is 0 Å². The molecule has 34 heavy (non-hydrogen) atoms. The van der Waals surface area contributed by atoms with E-state index in [0.29, 0.717) is 32.7 Å². The van der Waals surface area contributed by atoms with Crippen molar-refractivity contribution >= 4 is 38.3 Å². The van der Waals surface area contributed by atoms with Crippen molar-refractivity contribution in [1.82, 2.24) is 9.55 Å². The second-order valence-electron chi connectivity index (χ2n) is 7.72. The maximum atomic E-state index is 14.2. The smallest absolute Gasteiger partial charge is 0.325 e. The van der Waals surface area contributed by atoms with Gasteiger partial charge in [-0.3, -0.25) is 4.79 Å². The van der Waals surface area contributed by atoms with E-state index in [9.17, 15) is 17.6 Å². The van der Waals surface area contributed by atoms with Crippen LogP contribution in [0.3, 0.4) is 0 Å². The fourth-order valence-corrected chi connectivity index (χ4v) is 5.53. The maximum absolute atomic E-state index is 14.2. The number of aromatic nitrogens is 2. The number of nitrogens with zero attached hydrogens (tertiary/aromatic N) is 2. The summed E-state index contributed by atoms with van der Waals surface area (Å²) in [5, 5.41) is 0.937. The van der Waals surface area contributed by atoms with Crippen molar-refractivity contribution in [2.75, 3.05) is 6.61 Å². The molecule has 0 bridgehead atoms. The topological polar surface area (TPSA) is 78.3 Å². The summed E-state index contributed by atoms with van der Waals surface area (Å²) in [7, 11) is -3.93. The predicted octanol–water partition coefficient (Wildman–Crippen LogP) is 5.12. The highest BCUT2D eigenvalue weighted by Crippen LogP contribution is 2.31. The molecule has 4 aromatic rings. The zero-order chi connectivity index (χ0) is 24.5. The van der Waals surface area contributed by atoms with Gasteiger partial charge in [0.05, 0.1) is 11.5 Å². The number of pyridine rings is 1. The Morgan fingerprint density at radius 2 is 1.88 bits per heavy atom. The van der Waals surface area contributed by atoms with E-state index < -0.39 is 21.6 Å². The van der Waals surface area contributed by atoms with Gasteiger partial charge in [0, 0.05) is 34.2 Å². The fraction of sp³-hybridized carbons (Fsp3) is 0.200. The average molecular weight is 501 g/mol. The molecule has 2 heterocycles. The van der Waals surface area contributed by atoms with E-state index >= 15 is 0 Å². The van der Waals surface area contributed by atoms with Crippen LogP contribution in [-0.2, 0) is 32.3 Å². The minimum Gasteiger partial charge on any atom is -0.465 e. The third-order valence-corrected chi connectivity index (χ3v) is 7.63. The number of benzene rings is 2. The van der Waals surface area contributed by atoms with E-state index in [-0.39, 0.29) is 29.5 Å². The summed E-state index contributed by atoms with van der Waals surface area (Å²) in [6, 6.07) is 13.5. The summed E-state index contributed by atoms with van der Waals surface area (Å²) < 4.78 is 47.7. The summed E-state index contributed by atoms with van der Waals surface area (Å²) in [6.07, 6.45) is 1.60. The highest BCUT2D eigenvalue weighted by atomic mass is 35.5. The molecule has 0 saturated carbocycles. The molecule has 0 aliphatic rings. The lowest BCUT2D eigenvalue weighted by Gasteiger charge is -2.11. The molecule has 0 atom stereocenters. The van der Waals surface area contributed by atoms with Crippen LogP contribution in [-0.4, -0.2) is 30.5 Å². The van der Waals surface area contributed by atoms with Crippen molar-refractivity contribution in [3.05, 3.63) is 88.5 Å². The van der Waals surface area contributed by atoms with E-state index in [4.69, 9.17) is 16.3 Å². The molecule has 9 heteroatoms. The summed E-state index contributed by atoms with van der Waals surface area (Å²) in [6.45, 7) is 3.76. The molecule has 2 aromatic heterocycles. The summed E-state index contributed by atoms with van der Waals surface area (Å²) in [5.41, 5.74) is 2.54. The quantitative estimate of drug-likeness (QED) is 0.329. The Bertz CT molecular complexity index is 1480. The van der Waals surface area contributed by atoms with Crippen molar-refractivity contribution in [2.45, 2.75) is 36.7 Å². The molecule has 0 radical (unpaired) electrons. The Morgan fingerprint density at radius 3 is 2.59 bits per heavy atom. The molecule has 0 fully saturated rings. The number of hydrogen-bond acceptors (Lipinski definition) is 5. The molecule has 0 aliphatic heterocycles. The number of sulfone groups is 1. The minimum absolute atomic E-state index is 0.0369. The lowest BCUT2D eigenvalue weighted by Crippen LogP contribution is -2.14. The van der Waals surface area contributed by atoms with Gasteiger partial charge >= 0.3 is 5.97 Å². The van der Waals surface area contributed by atoms with Gasteiger partial charge in [0.1, 0.15) is 12.4 Å². The van der Waals surface area contributed by atoms with Crippen LogP contribution < -0.4 is 0 Å².